The first-order chi connectivity index (χ1) is 31.7. The Morgan fingerprint density at radius 2 is 1.20 bits per heavy atom. The molecule has 0 saturated carbocycles. The van der Waals surface area contributed by atoms with E-state index in [0.29, 0.717) is 64.7 Å². The van der Waals surface area contributed by atoms with Crippen molar-refractivity contribution in [2.75, 3.05) is 0 Å². The Hall–Kier alpha value is -7.09. The molecule has 0 spiro atoms. The fourth-order valence-corrected chi connectivity index (χ4v) is 8.06. The highest BCUT2D eigenvalue weighted by molar-refractivity contribution is 7.26. The standard InChI is InChI=1S/C47H28N6S/c1-5-22-39-32(14-1)33-15-2-6-23-40(33)53(39)41-24-7-3-17-36(41)46-50-45(51-47(52-46)37-20-11-21-38-43(37)49-27-26-48-38)30-13-9-12-29(28-30)31-18-10-19-35-34-16-4-8-25-42(34)54-44(31)35/h1-28H/i1D,2D,4D,5D,10D,14D,15D,16D,19D,22D,23D,25D. The third-order valence-corrected chi connectivity index (χ3v) is 10.5. The van der Waals surface area contributed by atoms with Crippen LogP contribution in [-0.4, -0.2) is 29.5 Å². The van der Waals surface area contributed by atoms with Crippen LogP contribution in [0.2, 0.25) is 0 Å². The van der Waals surface area contributed by atoms with E-state index in [2.05, 4.69) is 9.97 Å². The Kier molecular flexibility index (Phi) is 4.73. The maximum Gasteiger partial charge on any atom is 0.166 e. The Labute approximate surface area is 330 Å². The van der Waals surface area contributed by atoms with E-state index in [0.717, 1.165) is 0 Å². The van der Waals surface area contributed by atoms with E-state index in [1.165, 1.54) is 28.0 Å². The summed E-state index contributed by atoms with van der Waals surface area (Å²) in [6.45, 7) is 0. The van der Waals surface area contributed by atoms with Crippen molar-refractivity contribution in [1.82, 2.24) is 29.5 Å². The number of para-hydroxylation sites is 4. The van der Waals surface area contributed by atoms with Gasteiger partial charge in [-0.1, -0.05) is 109 Å². The van der Waals surface area contributed by atoms with Gasteiger partial charge in [-0.05, 0) is 59.6 Å². The summed E-state index contributed by atoms with van der Waals surface area (Å²) in [5.74, 6) is 0.565. The second-order valence-electron chi connectivity index (χ2n) is 12.4. The van der Waals surface area contributed by atoms with Gasteiger partial charge in [-0.15, -0.1) is 11.3 Å². The summed E-state index contributed by atoms with van der Waals surface area (Å²) in [5.41, 5.74) is 4.18. The predicted molar refractivity (Wildman–Crippen MR) is 222 cm³/mol. The van der Waals surface area contributed by atoms with Gasteiger partial charge in [0.05, 0.1) is 44.2 Å². The van der Waals surface area contributed by atoms with Gasteiger partial charge in [0.1, 0.15) is 0 Å². The molecule has 0 N–H and O–H groups in total. The van der Waals surface area contributed by atoms with E-state index in [1.807, 2.05) is 36.4 Å². The molecular weight excluding hydrogens is 681 g/mol. The van der Waals surface area contributed by atoms with Crippen LogP contribution in [0.4, 0.5) is 0 Å². The Morgan fingerprint density at radius 3 is 2.15 bits per heavy atom. The van der Waals surface area contributed by atoms with Crippen molar-refractivity contribution in [3.63, 3.8) is 0 Å². The highest BCUT2D eigenvalue weighted by Gasteiger charge is 2.20. The molecule has 0 aliphatic heterocycles. The van der Waals surface area contributed by atoms with Crippen LogP contribution < -0.4 is 0 Å². The largest absolute Gasteiger partial charge is 0.309 e. The third kappa shape index (κ3) is 4.83. The van der Waals surface area contributed by atoms with Crippen molar-refractivity contribution in [2.24, 2.45) is 0 Å². The first kappa shape index (κ1) is 20.8. The highest BCUT2D eigenvalue weighted by Crippen LogP contribution is 2.41. The van der Waals surface area contributed by atoms with Gasteiger partial charge in [0.25, 0.3) is 0 Å². The Morgan fingerprint density at radius 1 is 0.500 bits per heavy atom. The van der Waals surface area contributed by atoms with Gasteiger partial charge >= 0.3 is 0 Å². The molecule has 0 aliphatic rings. The van der Waals surface area contributed by atoms with Gasteiger partial charge in [-0.25, -0.2) is 15.0 Å². The van der Waals surface area contributed by atoms with E-state index in [9.17, 15) is 0 Å². The smallest absolute Gasteiger partial charge is 0.166 e. The molecule has 4 aromatic heterocycles. The first-order valence-corrected chi connectivity index (χ1v) is 17.7. The lowest BCUT2D eigenvalue weighted by Crippen LogP contribution is -2.04. The van der Waals surface area contributed by atoms with Gasteiger partial charge in [0.15, 0.2) is 17.5 Å². The summed E-state index contributed by atoms with van der Waals surface area (Å²) >= 11 is 1.23. The maximum absolute atomic E-state index is 9.13. The van der Waals surface area contributed by atoms with Crippen LogP contribution >= 0.6 is 11.3 Å². The lowest BCUT2D eigenvalue weighted by Gasteiger charge is -2.15. The molecule has 4 heterocycles. The minimum Gasteiger partial charge on any atom is -0.309 e. The van der Waals surface area contributed by atoms with E-state index in [4.69, 9.17) is 31.4 Å². The second-order valence-corrected chi connectivity index (χ2v) is 13.4. The number of rotatable bonds is 5. The summed E-state index contributed by atoms with van der Waals surface area (Å²) in [5, 5.41) is 0.661. The highest BCUT2D eigenvalue weighted by atomic mass is 32.1. The summed E-state index contributed by atoms with van der Waals surface area (Å²) in [7, 11) is 0. The molecule has 0 amide bonds. The zero-order valence-corrected chi connectivity index (χ0v) is 28.6. The lowest BCUT2D eigenvalue weighted by molar-refractivity contribution is 1.06. The number of nitrogens with zero attached hydrogens (tertiary/aromatic N) is 6. The normalized spacial score (nSPS) is 14.8. The lowest BCUT2D eigenvalue weighted by atomic mass is 10.0. The zero-order valence-electron chi connectivity index (χ0n) is 39.8. The molecular formula is C47H28N6S. The van der Waals surface area contributed by atoms with Gasteiger partial charge in [0, 0.05) is 60.0 Å². The van der Waals surface area contributed by atoms with Crippen molar-refractivity contribution >= 4 is 64.3 Å². The van der Waals surface area contributed by atoms with Crippen molar-refractivity contribution < 1.29 is 16.4 Å². The molecule has 11 rings (SSSR count). The summed E-state index contributed by atoms with van der Waals surface area (Å²) < 4.78 is 108. The number of aromatic nitrogens is 6. The molecule has 11 aromatic rings. The fourth-order valence-electron chi connectivity index (χ4n) is 6.94. The molecule has 0 unspecified atom stereocenters. The fraction of sp³-hybridized carbons (Fsp3) is 0. The van der Waals surface area contributed by atoms with E-state index in [-0.39, 0.29) is 87.6 Å². The molecule has 252 valence electrons. The number of hydrogen-bond acceptors (Lipinski definition) is 6. The van der Waals surface area contributed by atoms with Crippen LogP contribution in [0, 0.1) is 0 Å². The molecule has 0 atom stereocenters. The number of benzene rings is 7. The van der Waals surface area contributed by atoms with Crippen LogP contribution in [0.3, 0.4) is 0 Å². The van der Waals surface area contributed by atoms with Crippen molar-refractivity contribution in [3.05, 3.63) is 170 Å². The minimum absolute atomic E-state index is 0.00152. The minimum atomic E-state index is -0.514. The van der Waals surface area contributed by atoms with Crippen molar-refractivity contribution in [1.29, 1.82) is 0 Å². The van der Waals surface area contributed by atoms with E-state index >= 15 is 0 Å². The summed E-state index contributed by atoms with van der Waals surface area (Å²) in [6, 6.07) is 20.8. The molecule has 7 heteroatoms. The van der Waals surface area contributed by atoms with Gasteiger partial charge in [-0.3, -0.25) is 9.97 Å². The number of hydrogen-bond donors (Lipinski definition) is 0. The predicted octanol–water partition coefficient (Wildman–Crippen LogP) is 11.9. The average Bonchev–Trinajstić information content (AvgIpc) is 3.91. The van der Waals surface area contributed by atoms with Gasteiger partial charge < -0.3 is 4.57 Å². The van der Waals surface area contributed by atoms with E-state index in [1.54, 1.807) is 48.8 Å². The van der Waals surface area contributed by atoms with Crippen molar-refractivity contribution in [2.45, 2.75) is 0 Å². The first-order valence-electron chi connectivity index (χ1n) is 22.8. The van der Waals surface area contributed by atoms with Crippen LogP contribution in [0.15, 0.2) is 170 Å². The van der Waals surface area contributed by atoms with E-state index < -0.39 is 24.2 Å². The summed E-state index contributed by atoms with van der Waals surface area (Å²) in [4.78, 5) is 24.2. The number of fused-ring (bicyclic) bond motifs is 7. The Bertz CT molecular complexity index is 3940. The molecule has 6 nitrogen and oxygen atoms in total. The third-order valence-electron chi connectivity index (χ3n) is 9.31. The van der Waals surface area contributed by atoms with Crippen LogP contribution in [0.5, 0.6) is 0 Å². The molecule has 7 aromatic carbocycles. The molecule has 0 radical (unpaired) electrons. The number of thiophene rings is 1. The molecule has 54 heavy (non-hydrogen) atoms. The van der Waals surface area contributed by atoms with Gasteiger partial charge in [-0.2, -0.15) is 0 Å². The van der Waals surface area contributed by atoms with Crippen LogP contribution in [0.1, 0.15) is 16.4 Å². The topological polar surface area (TPSA) is 69.4 Å². The maximum atomic E-state index is 9.13. The average molecular weight is 721 g/mol. The molecule has 0 fully saturated rings. The molecule has 0 aliphatic carbocycles. The monoisotopic (exact) mass is 720 g/mol. The van der Waals surface area contributed by atoms with Crippen molar-refractivity contribution in [3.8, 4) is 51.0 Å². The van der Waals surface area contributed by atoms with Crippen LogP contribution in [-0.2, 0) is 0 Å². The molecule has 0 bridgehead atoms. The van der Waals surface area contributed by atoms with Gasteiger partial charge in [0.2, 0.25) is 0 Å². The SMILES string of the molecule is [2H]c1cc([2H])c2sc3c(-c4cccc(-c5nc(-c6ccccc6-n6c7c([2H])cc([2H])c([2H])c7c7c([2H])c([2H])c([2H])c([2H])c76)nc(-c6cccc7nccnc67)n5)c4)cc([2H])c([2H])c3c2c1[2H]. The van der Waals surface area contributed by atoms with Crippen LogP contribution in [0.25, 0.3) is 104 Å². The second kappa shape index (κ2) is 12.3. The molecule has 0 saturated heterocycles. The quantitative estimate of drug-likeness (QED) is 0.177. The zero-order chi connectivity index (χ0) is 46.0. The Balaban J connectivity index is 1.19. The summed E-state index contributed by atoms with van der Waals surface area (Å²) in [6.07, 6.45) is 3.14.